The van der Waals surface area contributed by atoms with E-state index in [1.807, 2.05) is 48.5 Å². The molecule has 3 N–H and O–H groups in total. The first-order chi connectivity index (χ1) is 16.4. The van der Waals surface area contributed by atoms with Gasteiger partial charge in [0.15, 0.2) is 11.5 Å². The van der Waals surface area contributed by atoms with Crippen LogP contribution in [0, 0.1) is 0 Å². The summed E-state index contributed by atoms with van der Waals surface area (Å²) in [6.07, 6.45) is 1.25. The lowest BCUT2D eigenvalue weighted by molar-refractivity contribution is 0.0692. The van der Waals surface area contributed by atoms with Crippen molar-refractivity contribution >= 4 is 44.9 Å². The van der Waals surface area contributed by atoms with Crippen molar-refractivity contribution in [2.24, 2.45) is 5.10 Å². The minimum absolute atomic E-state index is 0.0674. The van der Waals surface area contributed by atoms with Gasteiger partial charge in [0.1, 0.15) is 11.3 Å². The summed E-state index contributed by atoms with van der Waals surface area (Å²) in [5.41, 5.74) is 5.35. The highest BCUT2D eigenvalue weighted by Crippen LogP contribution is 2.35. The summed E-state index contributed by atoms with van der Waals surface area (Å²) in [5, 5.41) is 14.5. The highest BCUT2D eigenvalue weighted by molar-refractivity contribution is 9.10. The maximum Gasteiger partial charge on any atom is 0.340 e. The molecular formula is C25H20BrN3O5. The van der Waals surface area contributed by atoms with E-state index in [0.29, 0.717) is 5.69 Å². The lowest BCUT2D eigenvalue weighted by Crippen LogP contribution is -2.19. The predicted molar refractivity (Wildman–Crippen MR) is 133 cm³/mol. The van der Waals surface area contributed by atoms with Crippen LogP contribution in [0.2, 0.25) is 0 Å². The molecule has 8 nitrogen and oxygen atoms in total. The van der Waals surface area contributed by atoms with Crippen LogP contribution in [-0.4, -0.2) is 42.4 Å². The maximum atomic E-state index is 13.1. The van der Waals surface area contributed by atoms with Crippen molar-refractivity contribution in [1.82, 2.24) is 10.4 Å². The second kappa shape index (κ2) is 9.80. The van der Waals surface area contributed by atoms with Crippen molar-refractivity contribution in [3.05, 3.63) is 82.0 Å². The Morgan fingerprint density at radius 3 is 2.50 bits per heavy atom. The largest absolute Gasteiger partial charge is 0.493 e. The Bertz CT molecular complexity index is 1410. The molecule has 0 spiro atoms. The van der Waals surface area contributed by atoms with E-state index in [2.05, 4.69) is 31.4 Å². The summed E-state index contributed by atoms with van der Waals surface area (Å²) in [6, 6.07) is 18.4. The highest BCUT2D eigenvalue weighted by atomic mass is 79.9. The Balaban J connectivity index is 1.70. The minimum Gasteiger partial charge on any atom is -0.493 e. The number of amides is 1. The molecule has 0 fully saturated rings. The van der Waals surface area contributed by atoms with Crippen LogP contribution in [0.25, 0.3) is 22.0 Å². The number of benzene rings is 3. The van der Waals surface area contributed by atoms with Crippen molar-refractivity contribution in [2.45, 2.75) is 0 Å². The third kappa shape index (κ3) is 4.38. The molecule has 9 heteroatoms. The summed E-state index contributed by atoms with van der Waals surface area (Å²) in [4.78, 5) is 28.1. The zero-order valence-electron chi connectivity index (χ0n) is 18.3. The average Bonchev–Trinajstić information content (AvgIpc) is 3.22. The number of halogens is 1. The quantitative estimate of drug-likeness (QED) is 0.232. The van der Waals surface area contributed by atoms with Gasteiger partial charge in [0.05, 0.1) is 20.4 Å². The molecule has 1 amide bonds. The Hall–Kier alpha value is -4.11. The molecule has 1 heterocycles. The van der Waals surface area contributed by atoms with Gasteiger partial charge in [-0.15, -0.1) is 0 Å². The van der Waals surface area contributed by atoms with Gasteiger partial charge in [-0.3, -0.25) is 4.79 Å². The Labute approximate surface area is 203 Å². The second-order valence-electron chi connectivity index (χ2n) is 7.20. The van der Waals surface area contributed by atoms with E-state index >= 15 is 0 Å². The molecule has 3 aromatic carbocycles. The van der Waals surface area contributed by atoms with Gasteiger partial charge >= 0.3 is 5.97 Å². The molecule has 0 saturated heterocycles. The van der Waals surface area contributed by atoms with E-state index in [0.717, 1.165) is 26.5 Å². The molecule has 1 aromatic heterocycles. The molecule has 0 aliphatic rings. The molecule has 0 unspecified atom stereocenters. The van der Waals surface area contributed by atoms with Crippen molar-refractivity contribution in [2.75, 3.05) is 14.2 Å². The average molecular weight is 522 g/mol. The minimum atomic E-state index is -1.21. The number of aromatic carboxylic acids is 1. The van der Waals surface area contributed by atoms with Crippen LogP contribution in [-0.2, 0) is 0 Å². The van der Waals surface area contributed by atoms with E-state index < -0.39 is 11.9 Å². The number of ether oxygens (including phenoxy) is 2. The summed E-state index contributed by atoms with van der Waals surface area (Å²) < 4.78 is 11.3. The number of fused-ring (bicyclic) bond motifs is 1. The number of H-pyrrole nitrogens is 1. The number of aromatic amines is 1. The van der Waals surface area contributed by atoms with Crippen LogP contribution in [0.15, 0.2) is 70.2 Å². The van der Waals surface area contributed by atoms with Crippen molar-refractivity contribution in [3.8, 4) is 22.6 Å². The van der Waals surface area contributed by atoms with Gasteiger partial charge in [0.25, 0.3) is 5.91 Å². The van der Waals surface area contributed by atoms with Gasteiger partial charge < -0.3 is 19.6 Å². The topological polar surface area (TPSA) is 113 Å². The van der Waals surface area contributed by atoms with Crippen LogP contribution in [0.4, 0.5) is 0 Å². The smallest absolute Gasteiger partial charge is 0.340 e. The number of nitrogens with one attached hydrogen (secondary N) is 2. The fourth-order valence-electron chi connectivity index (χ4n) is 3.73. The SMILES string of the molecule is COc1ccc(/C=N\NC(=O)c2[nH]c3ccc(Br)cc3c2-c2ccccc2)c(C(=O)O)c1OC. The fourth-order valence-corrected chi connectivity index (χ4v) is 4.09. The number of aromatic nitrogens is 1. The Kier molecular flexibility index (Phi) is 6.65. The molecule has 4 rings (SSSR count). The standard InChI is InChI=1S/C25H20BrN3O5/c1-33-19-11-8-15(21(25(31)32)23(19)34-2)13-27-29-24(30)22-20(14-6-4-3-5-7-14)17-12-16(26)9-10-18(17)28-22/h3-13,28H,1-2H3,(H,29,30)(H,31,32)/b27-13-. The van der Waals surface area contributed by atoms with Crippen LogP contribution in [0.5, 0.6) is 11.5 Å². The summed E-state index contributed by atoms with van der Waals surface area (Å²) in [6.45, 7) is 0. The van der Waals surface area contributed by atoms with E-state index in [-0.39, 0.29) is 22.6 Å². The van der Waals surface area contributed by atoms with Gasteiger partial charge in [-0.1, -0.05) is 46.3 Å². The van der Waals surface area contributed by atoms with Crippen LogP contribution in [0.3, 0.4) is 0 Å². The number of hydrogen-bond acceptors (Lipinski definition) is 5. The van der Waals surface area contributed by atoms with Crippen molar-refractivity contribution in [3.63, 3.8) is 0 Å². The summed E-state index contributed by atoms with van der Waals surface area (Å²) in [5.74, 6) is -1.34. The van der Waals surface area contributed by atoms with E-state index in [1.165, 1.54) is 26.5 Å². The molecule has 0 saturated carbocycles. The Morgan fingerprint density at radius 1 is 1.06 bits per heavy atom. The van der Waals surface area contributed by atoms with Gasteiger partial charge in [0.2, 0.25) is 0 Å². The van der Waals surface area contributed by atoms with Gasteiger partial charge in [0, 0.05) is 26.5 Å². The summed E-state index contributed by atoms with van der Waals surface area (Å²) in [7, 11) is 2.77. The number of rotatable bonds is 7. The van der Waals surface area contributed by atoms with Gasteiger partial charge in [-0.2, -0.15) is 5.10 Å². The van der Waals surface area contributed by atoms with E-state index in [4.69, 9.17) is 9.47 Å². The molecule has 34 heavy (non-hydrogen) atoms. The molecule has 0 aliphatic heterocycles. The number of hydrazone groups is 1. The molecule has 0 aliphatic carbocycles. The zero-order chi connectivity index (χ0) is 24.2. The van der Waals surface area contributed by atoms with Gasteiger partial charge in [-0.05, 0) is 35.9 Å². The number of methoxy groups -OCH3 is 2. The molecule has 172 valence electrons. The van der Waals surface area contributed by atoms with Gasteiger partial charge in [-0.25, -0.2) is 10.2 Å². The number of carbonyl (C=O) groups excluding carboxylic acids is 1. The number of nitrogens with zero attached hydrogens (tertiary/aromatic N) is 1. The molecule has 4 aromatic rings. The van der Waals surface area contributed by atoms with E-state index in [9.17, 15) is 14.7 Å². The normalized spacial score (nSPS) is 11.0. The highest BCUT2D eigenvalue weighted by Gasteiger charge is 2.21. The molecule has 0 radical (unpaired) electrons. The van der Waals surface area contributed by atoms with E-state index in [1.54, 1.807) is 6.07 Å². The van der Waals surface area contributed by atoms with Crippen molar-refractivity contribution in [1.29, 1.82) is 0 Å². The number of carboxylic acid groups (broad SMARTS) is 1. The lowest BCUT2D eigenvalue weighted by atomic mass is 10.0. The number of carbonyl (C=O) groups is 2. The summed E-state index contributed by atoms with van der Waals surface area (Å²) >= 11 is 3.49. The first kappa shape index (κ1) is 23.1. The monoisotopic (exact) mass is 521 g/mol. The molecule has 0 bridgehead atoms. The third-order valence-corrected chi connectivity index (χ3v) is 5.70. The predicted octanol–water partition coefficient (Wildman–Crippen LogP) is 5.08. The Morgan fingerprint density at radius 2 is 1.82 bits per heavy atom. The lowest BCUT2D eigenvalue weighted by Gasteiger charge is -2.12. The van der Waals surface area contributed by atoms with Crippen LogP contribution < -0.4 is 14.9 Å². The van der Waals surface area contributed by atoms with Crippen molar-refractivity contribution < 1.29 is 24.2 Å². The maximum absolute atomic E-state index is 13.1. The first-order valence-electron chi connectivity index (χ1n) is 10.1. The van der Waals surface area contributed by atoms with Crippen LogP contribution >= 0.6 is 15.9 Å². The molecule has 0 atom stereocenters. The second-order valence-corrected chi connectivity index (χ2v) is 8.12. The third-order valence-electron chi connectivity index (χ3n) is 5.21. The zero-order valence-corrected chi connectivity index (χ0v) is 19.8. The van der Waals surface area contributed by atoms with Crippen LogP contribution in [0.1, 0.15) is 26.4 Å². The first-order valence-corrected chi connectivity index (χ1v) is 10.9. The number of hydrogen-bond donors (Lipinski definition) is 3. The molecular weight excluding hydrogens is 502 g/mol. The number of carboxylic acids is 1. The fraction of sp³-hybridized carbons (Fsp3) is 0.0800.